The van der Waals surface area contributed by atoms with Crippen LogP contribution in [0.5, 0.6) is 0 Å². The van der Waals surface area contributed by atoms with E-state index in [2.05, 4.69) is 29.0 Å². The molecule has 4 atom stereocenters. The highest BCUT2D eigenvalue weighted by atomic mass is 31.2. The molecule has 0 saturated carbocycles. The molecule has 0 aromatic heterocycles. The van der Waals surface area contributed by atoms with Gasteiger partial charge in [0, 0.05) is 12.8 Å². The Bertz CT molecular complexity index is 1230. The van der Waals surface area contributed by atoms with E-state index in [1.807, 2.05) is 36.5 Å². The average molecular weight is 867 g/mol. The zero-order valence-corrected chi connectivity index (χ0v) is 37.0. The molecule has 0 aromatic carbocycles. The number of aliphatic hydroxyl groups excluding tert-OH is 2. The van der Waals surface area contributed by atoms with Crippen LogP contribution in [0.3, 0.4) is 0 Å². The van der Waals surface area contributed by atoms with Gasteiger partial charge in [-0.1, -0.05) is 152 Å². The van der Waals surface area contributed by atoms with Gasteiger partial charge in [0.2, 0.25) is 0 Å². The van der Waals surface area contributed by atoms with Crippen molar-refractivity contribution in [2.45, 2.75) is 180 Å². The molecule has 0 amide bonds. The highest BCUT2D eigenvalue weighted by Crippen LogP contribution is 2.43. The molecule has 0 aliphatic heterocycles. The van der Waals surface area contributed by atoms with Crippen molar-refractivity contribution in [1.29, 1.82) is 0 Å². The van der Waals surface area contributed by atoms with Gasteiger partial charge in [-0.3, -0.25) is 23.2 Å². The zero-order chi connectivity index (χ0) is 43.2. The molecule has 14 nitrogen and oxygen atoms in total. The minimum Gasteiger partial charge on any atom is -0.462 e. The van der Waals surface area contributed by atoms with Gasteiger partial charge in [-0.15, -0.1) is 0 Å². The number of hydrogen-bond acceptors (Lipinski definition) is 11. The van der Waals surface area contributed by atoms with Crippen molar-refractivity contribution < 1.29 is 66.7 Å². The van der Waals surface area contributed by atoms with Gasteiger partial charge in [-0.25, -0.2) is 9.13 Å². The molecule has 58 heavy (non-hydrogen) atoms. The topological polar surface area (TPSA) is 216 Å². The molecule has 1 unspecified atom stereocenters. The maximum absolute atomic E-state index is 12.6. The lowest BCUT2D eigenvalue weighted by atomic mass is 10.0. The summed E-state index contributed by atoms with van der Waals surface area (Å²) >= 11 is 0. The number of esters is 2. The van der Waals surface area contributed by atoms with Crippen molar-refractivity contribution in [3.05, 3.63) is 48.6 Å². The normalized spacial score (nSPS) is 15.1. The predicted octanol–water partition coefficient (Wildman–Crippen LogP) is 9.64. The van der Waals surface area contributed by atoms with E-state index in [1.165, 1.54) is 70.6 Å². The SMILES string of the molecule is CCCCC/C=C\C[C@@H](O)/C=C/C=C\C/C=C\CCCC(=O)OC[C@H](COP(=O)(O)OC[C@@H](O)COP(=O)(O)O)OC(=O)CCCCCCCCCCCCCCC. The molecule has 0 rings (SSSR count). The Kier molecular flexibility index (Phi) is 36.7. The minimum atomic E-state index is -4.87. The summed E-state index contributed by atoms with van der Waals surface area (Å²) in [5.41, 5.74) is 0. The number of rotatable bonds is 40. The summed E-state index contributed by atoms with van der Waals surface area (Å²) in [4.78, 5) is 52.6. The van der Waals surface area contributed by atoms with Gasteiger partial charge in [0.15, 0.2) is 6.10 Å². The summed E-state index contributed by atoms with van der Waals surface area (Å²) < 4.78 is 47.6. The fourth-order valence-electron chi connectivity index (χ4n) is 5.48. The molecule has 0 bridgehead atoms. The first-order chi connectivity index (χ1) is 27.8. The summed E-state index contributed by atoms with van der Waals surface area (Å²) in [7, 11) is -9.70. The molecule has 0 aromatic rings. The third-order valence-corrected chi connectivity index (χ3v) is 10.2. The molecule has 0 saturated heterocycles. The largest absolute Gasteiger partial charge is 0.472 e. The summed E-state index contributed by atoms with van der Waals surface area (Å²) in [6, 6.07) is 0. The van der Waals surface area contributed by atoms with Gasteiger partial charge >= 0.3 is 27.6 Å². The van der Waals surface area contributed by atoms with Crippen molar-refractivity contribution in [1.82, 2.24) is 0 Å². The molecule has 338 valence electrons. The summed E-state index contributed by atoms with van der Waals surface area (Å²) in [6.07, 6.45) is 34.2. The second kappa shape index (κ2) is 38.0. The lowest BCUT2D eigenvalue weighted by molar-refractivity contribution is -0.161. The van der Waals surface area contributed by atoms with Gasteiger partial charge in [-0.05, 0) is 44.9 Å². The Morgan fingerprint density at radius 3 is 1.74 bits per heavy atom. The fourth-order valence-corrected chi connectivity index (χ4v) is 6.64. The third-order valence-electron chi connectivity index (χ3n) is 8.79. The number of carbonyl (C=O) groups excluding carboxylic acids is 2. The molecular weight excluding hydrogens is 790 g/mol. The molecule has 0 aliphatic rings. The van der Waals surface area contributed by atoms with Gasteiger partial charge in [0.1, 0.15) is 12.7 Å². The maximum atomic E-state index is 12.6. The van der Waals surface area contributed by atoms with Crippen LogP contribution in [0.2, 0.25) is 0 Å². The van der Waals surface area contributed by atoms with E-state index in [-0.39, 0.29) is 12.8 Å². The average Bonchev–Trinajstić information content (AvgIpc) is 3.17. The monoisotopic (exact) mass is 866 g/mol. The van der Waals surface area contributed by atoms with E-state index < -0.39 is 72.3 Å². The molecule has 5 N–H and O–H groups in total. The van der Waals surface area contributed by atoms with E-state index in [4.69, 9.17) is 23.8 Å². The minimum absolute atomic E-state index is 0.0878. The van der Waals surface area contributed by atoms with Crippen molar-refractivity contribution in [3.63, 3.8) is 0 Å². The number of allylic oxidation sites excluding steroid dienone is 6. The third kappa shape index (κ3) is 40.8. The second-order valence-electron chi connectivity index (χ2n) is 14.5. The molecule has 0 aliphatic carbocycles. The Morgan fingerprint density at radius 1 is 0.569 bits per heavy atom. The van der Waals surface area contributed by atoms with Crippen LogP contribution in [-0.2, 0) is 41.8 Å². The highest BCUT2D eigenvalue weighted by molar-refractivity contribution is 7.47. The van der Waals surface area contributed by atoms with Crippen molar-refractivity contribution >= 4 is 27.6 Å². The smallest absolute Gasteiger partial charge is 0.462 e. The van der Waals surface area contributed by atoms with Gasteiger partial charge in [-0.2, -0.15) is 0 Å². The van der Waals surface area contributed by atoms with Gasteiger partial charge < -0.3 is 34.4 Å². The number of phosphoric ester groups is 2. The summed E-state index contributed by atoms with van der Waals surface area (Å²) in [5, 5.41) is 19.8. The van der Waals surface area contributed by atoms with Gasteiger partial charge in [0.05, 0.1) is 25.9 Å². The Morgan fingerprint density at radius 2 is 1.10 bits per heavy atom. The van der Waals surface area contributed by atoms with Crippen LogP contribution in [0.1, 0.15) is 162 Å². The molecule has 0 fully saturated rings. The van der Waals surface area contributed by atoms with E-state index in [1.54, 1.807) is 6.08 Å². The van der Waals surface area contributed by atoms with Crippen molar-refractivity contribution in [3.8, 4) is 0 Å². The van der Waals surface area contributed by atoms with Crippen LogP contribution < -0.4 is 0 Å². The molecule has 0 heterocycles. The Balaban J connectivity index is 4.67. The summed E-state index contributed by atoms with van der Waals surface area (Å²) in [6.45, 7) is 1.58. The number of unbranched alkanes of at least 4 members (excludes halogenated alkanes) is 16. The second-order valence-corrected chi connectivity index (χ2v) is 17.2. The number of phosphoric acid groups is 2. The fraction of sp³-hybridized carbons (Fsp3) is 0.762. The first kappa shape index (κ1) is 56.0. The lowest BCUT2D eigenvalue weighted by Crippen LogP contribution is -2.30. The van der Waals surface area contributed by atoms with Crippen LogP contribution in [0, 0.1) is 0 Å². The predicted molar refractivity (Wildman–Crippen MR) is 227 cm³/mol. The highest BCUT2D eigenvalue weighted by Gasteiger charge is 2.28. The van der Waals surface area contributed by atoms with Gasteiger partial charge in [0.25, 0.3) is 0 Å². The van der Waals surface area contributed by atoms with Crippen LogP contribution in [0.25, 0.3) is 0 Å². The van der Waals surface area contributed by atoms with Crippen LogP contribution >= 0.6 is 15.6 Å². The van der Waals surface area contributed by atoms with E-state index >= 15 is 0 Å². The van der Waals surface area contributed by atoms with E-state index in [0.717, 1.165) is 32.1 Å². The first-order valence-electron chi connectivity index (χ1n) is 21.4. The molecular formula is C42H76O14P2. The maximum Gasteiger partial charge on any atom is 0.472 e. The van der Waals surface area contributed by atoms with Crippen LogP contribution in [0.15, 0.2) is 48.6 Å². The molecule has 0 spiro atoms. The number of carbonyl (C=O) groups is 2. The Labute approximate surface area is 348 Å². The zero-order valence-electron chi connectivity index (χ0n) is 35.2. The first-order valence-corrected chi connectivity index (χ1v) is 24.5. The number of aliphatic hydroxyl groups is 2. The van der Waals surface area contributed by atoms with Crippen molar-refractivity contribution in [2.75, 3.05) is 26.4 Å². The molecule has 0 radical (unpaired) electrons. The van der Waals surface area contributed by atoms with Crippen molar-refractivity contribution in [2.24, 2.45) is 0 Å². The quantitative estimate of drug-likeness (QED) is 0.0127. The Hall–Kier alpha value is -1.96. The summed E-state index contributed by atoms with van der Waals surface area (Å²) in [5.74, 6) is -1.13. The lowest BCUT2D eigenvalue weighted by Gasteiger charge is -2.20. The molecule has 16 heteroatoms. The van der Waals surface area contributed by atoms with E-state index in [9.17, 15) is 33.8 Å². The van der Waals surface area contributed by atoms with E-state index in [0.29, 0.717) is 32.1 Å². The number of ether oxygens (including phenoxy) is 2. The number of hydrogen-bond donors (Lipinski definition) is 5. The van der Waals surface area contributed by atoms with Crippen LogP contribution in [0.4, 0.5) is 0 Å². The van der Waals surface area contributed by atoms with Crippen LogP contribution in [-0.4, -0.2) is 81.6 Å². The standard InChI is InChI=1S/C42H76O14P2/c1-3-5-7-9-11-12-13-14-15-16-21-25-29-33-42(46)56-40(37-55-58(50,51)54-35-39(44)34-53-57(47,48)49)36-52-41(45)32-28-24-20-18-17-19-23-27-31-38(43)30-26-22-10-8-6-4-2/h18-20,22-23,26-27,31,38-40,43-44H,3-17,21,24-25,28-30,32-37H2,1-2H3,(H,50,51)(H2,47,48,49)/b20-18-,23-19-,26-22-,31-27+/t38-,39+,40-/m1/s1.